The lowest BCUT2D eigenvalue weighted by Gasteiger charge is -2.27. The van der Waals surface area contributed by atoms with E-state index in [9.17, 15) is 4.39 Å². The first kappa shape index (κ1) is 20.4. The van der Waals surface area contributed by atoms with Gasteiger partial charge >= 0.3 is 0 Å². The highest BCUT2D eigenvalue weighted by molar-refractivity contribution is 5.86. The minimum atomic E-state index is -1.04. The molecule has 7 nitrogen and oxygen atoms in total. The van der Waals surface area contributed by atoms with Gasteiger partial charge in [-0.25, -0.2) is 14.4 Å². The number of fused-ring (bicyclic) bond motifs is 2. The average Bonchev–Trinajstić information content (AvgIpc) is 3.50. The number of nitrogens with zero attached hydrogens (tertiary/aromatic N) is 3. The molecule has 0 saturated carbocycles. The lowest BCUT2D eigenvalue weighted by atomic mass is 10.1. The van der Waals surface area contributed by atoms with Crippen LogP contribution in [0.4, 0.5) is 4.39 Å². The first-order valence-electron chi connectivity index (χ1n) is 11.4. The van der Waals surface area contributed by atoms with Gasteiger partial charge in [-0.2, -0.15) is 0 Å². The van der Waals surface area contributed by atoms with E-state index in [1.807, 2.05) is 53.1 Å². The molecule has 2 saturated heterocycles. The zero-order chi connectivity index (χ0) is 22.2. The van der Waals surface area contributed by atoms with Crippen LogP contribution in [0.5, 0.6) is 11.5 Å². The number of hydrogen-bond donors (Lipinski definition) is 1. The van der Waals surface area contributed by atoms with Gasteiger partial charge in [0.25, 0.3) is 0 Å². The summed E-state index contributed by atoms with van der Waals surface area (Å²) in [4.78, 5) is 9.45. The van der Waals surface area contributed by atoms with Gasteiger partial charge in [0.2, 0.25) is 0 Å². The van der Waals surface area contributed by atoms with Gasteiger partial charge in [0.15, 0.2) is 0 Å². The van der Waals surface area contributed by atoms with Crippen molar-refractivity contribution in [3.05, 3.63) is 54.9 Å². The summed E-state index contributed by atoms with van der Waals surface area (Å²) in [5.74, 6) is 1.38. The molecule has 0 amide bonds. The second-order valence-corrected chi connectivity index (χ2v) is 8.53. The molecule has 0 aliphatic carbocycles. The van der Waals surface area contributed by atoms with Gasteiger partial charge in [-0.3, -0.25) is 4.40 Å². The minimum Gasteiger partial charge on any atom is -0.488 e. The third-order valence-corrected chi connectivity index (χ3v) is 6.25. The molecule has 8 heteroatoms. The normalized spacial score (nSPS) is 23.2. The molecular weight excluding hydrogens is 423 g/mol. The van der Waals surface area contributed by atoms with Crippen molar-refractivity contribution in [2.75, 3.05) is 26.3 Å². The standard InChI is InChI=1S/C25H25FN4O3/c26-19-13-27-9-6-22(19)33-23-3-1-2-16-4-5-20(29-25(16)23)21-14-28-24-12-17(7-10-30(21)24)32-18-8-11-31-15-18/h1-5,7,10,12,14,18-19,22,27H,6,8-9,11,13,15H2/t18-,19+,22+/m0/s1. The number of rotatable bonds is 5. The molecule has 170 valence electrons. The number of para-hydroxylation sites is 1. The second kappa shape index (κ2) is 8.61. The number of imidazole rings is 1. The van der Waals surface area contributed by atoms with E-state index >= 15 is 0 Å². The zero-order valence-corrected chi connectivity index (χ0v) is 18.1. The Morgan fingerprint density at radius 3 is 2.97 bits per heavy atom. The van der Waals surface area contributed by atoms with Crippen molar-refractivity contribution in [1.29, 1.82) is 0 Å². The van der Waals surface area contributed by atoms with Gasteiger partial charge in [0, 0.05) is 30.6 Å². The third kappa shape index (κ3) is 4.00. The number of alkyl halides is 1. The summed E-state index contributed by atoms with van der Waals surface area (Å²) >= 11 is 0. The van der Waals surface area contributed by atoms with E-state index in [-0.39, 0.29) is 6.10 Å². The molecule has 33 heavy (non-hydrogen) atoms. The van der Waals surface area contributed by atoms with Crippen molar-refractivity contribution in [2.24, 2.45) is 0 Å². The number of pyridine rings is 2. The molecule has 2 aliphatic heterocycles. The Kier molecular flexibility index (Phi) is 5.32. The first-order valence-corrected chi connectivity index (χ1v) is 11.4. The Labute approximate surface area is 190 Å². The molecule has 6 rings (SSSR count). The van der Waals surface area contributed by atoms with Crippen molar-refractivity contribution >= 4 is 16.6 Å². The monoisotopic (exact) mass is 448 g/mol. The Bertz CT molecular complexity index is 1290. The predicted octanol–water partition coefficient (Wildman–Crippen LogP) is 3.80. The highest BCUT2D eigenvalue weighted by Crippen LogP contribution is 2.30. The van der Waals surface area contributed by atoms with E-state index in [0.717, 1.165) is 53.3 Å². The molecule has 1 aromatic carbocycles. The van der Waals surface area contributed by atoms with E-state index < -0.39 is 12.3 Å². The number of aromatic nitrogens is 3. The number of hydrogen-bond acceptors (Lipinski definition) is 6. The van der Waals surface area contributed by atoms with Crippen LogP contribution in [-0.2, 0) is 4.74 Å². The summed E-state index contributed by atoms with van der Waals surface area (Å²) in [6.45, 7) is 2.42. The number of benzene rings is 1. The number of piperidine rings is 1. The van der Waals surface area contributed by atoms with Crippen molar-refractivity contribution in [1.82, 2.24) is 19.7 Å². The van der Waals surface area contributed by atoms with Crippen LogP contribution in [0.3, 0.4) is 0 Å². The van der Waals surface area contributed by atoms with Crippen LogP contribution in [0, 0.1) is 0 Å². The SMILES string of the molecule is F[C@@H]1CNCC[C@H]1Oc1cccc2ccc(-c3cnc4cc(O[C@H]5CCOC5)ccn34)nc12. The second-order valence-electron chi connectivity index (χ2n) is 8.53. The molecule has 0 bridgehead atoms. The van der Waals surface area contributed by atoms with Crippen LogP contribution in [0.15, 0.2) is 54.9 Å². The van der Waals surface area contributed by atoms with E-state index in [1.54, 1.807) is 6.20 Å². The quantitative estimate of drug-likeness (QED) is 0.501. The third-order valence-electron chi connectivity index (χ3n) is 6.25. The maximum atomic E-state index is 14.3. The maximum absolute atomic E-state index is 14.3. The molecular formula is C25H25FN4O3. The fourth-order valence-corrected chi connectivity index (χ4v) is 4.47. The predicted molar refractivity (Wildman–Crippen MR) is 123 cm³/mol. The van der Waals surface area contributed by atoms with Crippen LogP contribution in [0.1, 0.15) is 12.8 Å². The summed E-state index contributed by atoms with van der Waals surface area (Å²) in [7, 11) is 0. The summed E-state index contributed by atoms with van der Waals surface area (Å²) in [6, 6.07) is 13.6. The molecule has 0 radical (unpaired) electrons. The molecule has 3 aromatic heterocycles. The molecule has 3 atom stereocenters. The van der Waals surface area contributed by atoms with Gasteiger partial charge in [-0.1, -0.05) is 18.2 Å². The van der Waals surface area contributed by atoms with Gasteiger partial charge < -0.3 is 19.5 Å². The van der Waals surface area contributed by atoms with Crippen LogP contribution in [-0.4, -0.2) is 59.1 Å². The van der Waals surface area contributed by atoms with Gasteiger partial charge in [-0.05, 0) is 31.2 Å². The molecule has 2 aliphatic rings. The zero-order valence-electron chi connectivity index (χ0n) is 18.1. The molecule has 2 fully saturated rings. The lowest BCUT2D eigenvalue weighted by molar-refractivity contribution is 0.0743. The summed E-state index contributed by atoms with van der Waals surface area (Å²) in [5, 5.41) is 4.01. The number of nitrogens with one attached hydrogen (secondary N) is 1. The van der Waals surface area contributed by atoms with Crippen molar-refractivity contribution in [3.63, 3.8) is 0 Å². The Morgan fingerprint density at radius 1 is 1.12 bits per heavy atom. The molecule has 1 N–H and O–H groups in total. The van der Waals surface area contributed by atoms with Crippen molar-refractivity contribution < 1.29 is 18.6 Å². The van der Waals surface area contributed by atoms with E-state index in [4.69, 9.17) is 19.2 Å². The largest absolute Gasteiger partial charge is 0.488 e. The van der Waals surface area contributed by atoms with E-state index in [2.05, 4.69) is 10.3 Å². The molecule has 0 unspecified atom stereocenters. The molecule has 4 aromatic rings. The molecule has 0 spiro atoms. The fourth-order valence-electron chi connectivity index (χ4n) is 4.47. The summed E-state index contributed by atoms with van der Waals surface area (Å²) in [6.07, 6.45) is 3.86. The van der Waals surface area contributed by atoms with Gasteiger partial charge in [0.1, 0.15) is 41.0 Å². The molecule has 5 heterocycles. The lowest BCUT2D eigenvalue weighted by Crippen LogP contribution is -2.44. The minimum absolute atomic E-state index is 0.0892. The first-order chi connectivity index (χ1) is 16.2. The highest BCUT2D eigenvalue weighted by Gasteiger charge is 2.27. The van der Waals surface area contributed by atoms with E-state index in [1.165, 1.54) is 0 Å². The number of ether oxygens (including phenoxy) is 3. The Morgan fingerprint density at radius 2 is 2.09 bits per heavy atom. The van der Waals surface area contributed by atoms with Crippen LogP contribution in [0.2, 0.25) is 0 Å². The van der Waals surface area contributed by atoms with E-state index in [0.29, 0.717) is 25.3 Å². The maximum Gasteiger partial charge on any atom is 0.149 e. The van der Waals surface area contributed by atoms with Crippen LogP contribution in [0.25, 0.3) is 27.9 Å². The smallest absolute Gasteiger partial charge is 0.149 e. The van der Waals surface area contributed by atoms with Gasteiger partial charge in [-0.15, -0.1) is 0 Å². The number of halogens is 1. The topological polar surface area (TPSA) is 69.9 Å². The Balaban J connectivity index is 1.32. The van der Waals surface area contributed by atoms with Crippen molar-refractivity contribution in [2.45, 2.75) is 31.2 Å². The van der Waals surface area contributed by atoms with Crippen LogP contribution >= 0.6 is 0 Å². The average molecular weight is 448 g/mol. The fraction of sp³-hybridized carbons (Fsp3) is 0.360. The highest BCUT2D eigenvalue weighted by atomic mass is 19.1. The van der Waals surface area contributed by atoms with Crippen molar-refractivity contribution in [3.8, 4) is 22.9 Å². The summed E-state index contributed by atoms with van der Waals surface area (Å²) < 4.78 is 33.8. The van der Waals surface area contributed by atoms with Gasteiger partial charge in [0.05, 0.1) is 30.8 Å². The van der Waals surface area contributed by atoms with Crippen LogP contribution < -0.4 is 14.8 Å². The summed E-state index contributed by atoms with van der Waals surface area (Å²) in [5.41, 5.74) is 3.13. The Hall–Kier alpha value is -3.23.